The molecule has 0 heterocycles. The van der Waals surface area contributed by atoms with Gasteiger partial charge in [0.2, 0.25) is 0 Å². The van der Waals surface area contributed by atoms with E-state index in [9.17, 15) is 10.1 Å². The number of nitro benzene ring substituents is 1. The van der Waals surface area contributed by atoms with Crippen LogP contribution in [0.4, 0.5) is 11.4 Å². The Kier molecular flexibility index (Phi) is 4.93. The molecule has 0 saturated carbocycles. The fourth-order valence-corrected chi connectivity index (χ4v) is 1.89. The van der Waals surface area contributed by atoms with Gasteiger partial charge in [0, 0.05) is 24.3 Å². The summed E-state index contributed by atoms with van der Waals surface area (Å²) in [7, 11) is 0. The third-order valence-corrected chi connectivity index (χ3v) is 3.19. The molecule has 6 heteroatoms. The van der Waals surface area contributed by atoms with Crippen LogP contribution < -0.4 is 11.1 Å². The number of hydrogen-bond donors (Lipinski definition) is 2. The van der Waals surface area contributed by atoms with E-state index in [1.807, 2.05) is 0 Å². The van der Waals surface area contributed by atoms with Gasteiger partial charge in [-0.05, 0) is 24.5 Å². The summed E-state index contributed by atoms with van der Waals surface area (Å²) in [5.41, 5.74) is 7.18. The first kappa shape index (κ1) is 14.7. The van der Waals surface area contributed by atoms with E-state index in [4.69, 9.17) is 17.3 Å². The van der Waals surface area contributed by atoms with E-state index in [0.717, 1.165) is 11.3 Å². The number of halogens is 1. The van der Waals surface area contributed by atoms with Crippen molar-refractivity contribution in [2.45, 2.75) is 26.8 Å². The molecular weight excluding hydrogens is 254 g/mol. The maximum atomic E-state index is 10.8. The minimum atomic E-state index is -0.484. The van der Waals surface area contributed by atoms with E-state index in [-0.39, 0.29) is 16.8 Å². The number of nitrogens with zero attached hydrogens (tertiary/aromatic N) is 1. The molecule has 0 saturated heterocycles. The van der Waals surface area contributed by atoms with Gasteiger partial charge < -0.3 is 11.1 Å². The van der Waals surface area contributed by atoms with Crippen LogP contribution in [0.5, 0.6) is 0 Å². The Hall–Kier alpha value is -1.33. The van der Waals surface area contributed by atoms with E-state index in [1.165, 1.54) is 6.07 Å². The molecule has 1 aromatic carbocycles. The summed E-state index contributed by atoms with van der Waals surface area (Å²) in [6.45, 7) is 6.42. The van der Waals surface area contributed by atoms with Crippen molar-refractivity contribution in [1.82, 2.24) is 0 Å². The van der Waals surface area contributed by atoms with Crippen molar-refractivity contribution in [3.05, 3.63) is 32.8 Å². The normalized spacial score (nSPS) is 12.6. The van der Waals surface area contributed by atoms with E-state index < -0.39 is 4.92 Å². The molecule has 18 heavy (non-hydrogen) atoms. The molecule has 0 aliphatic carbocycles. The van der Waals surface area contributed by atoms with Gasteiger partial charge in [0.25, 0.3) is 5.69 Å². The minimum Gasteiger partial charge on any atom is -0.381 e. The van der Waals surface area contributed by atoms with Crippen LogP contribution in [0.3, 0.4) is 0 Å². The van der Waals surface area contributed by atoms with Crippen molar-refractivity contribution < 1.29 is 4.92 Å². The number of hydrogen-bond acceptors (Lipinski definition) is 4. The summed E-state index contributed by atoms with van der Waals surface area (Å²) in [5, 5.41) is 14.2. The number of nitrogens with two attached hydrogens (primary N) is 1. The van der Waals surface area contributed by atoms with Crippen LogP contribution in [0.15, 0.2) is 12.1 Å². The molecule has 100 valence electrons. The van der Waals surface area contributed by atoms with Gasteiger partial charge in [-0.15, -0.1) is 0 Å². The summed E-state index contributed by atoms with van der Waals surface area (Å²) in [6.07, 6.45) is 0. The smallest absolute Gasteiger partial charge is 0.288 e. The SMILES string of the molecule is Cc1cc([N+](=O)[O-])c(Cl)cc1NC(CN)C(C)C. The maximum Gasteiger partial charge on any atom is 0.288 e. The lowest BCUT2D eigenvalue weighted by molar-refractivity contribution is -0.384. The molecule has 1 atom stereocenters. The van der Waals surface area contributed by atoms with Crippen LogP contribution in [-0.4, -0.2) is 17.5 Å². The predicted octanol–water partition coefficient (Wildman–Crippen LogP) is 2.95. The highest BCUT2D eigenvalue weighted by molar-refractivity contribution is 6.33. The van der Waals surface area contributed by atoms with Gasteiger partial charge >= 0.3 is 0 Å². The lowest BCUT2D eigenvalue weighted by atomic mass is 10.0. The fraction of sp³-hybridized carbons (Fsp3) is 0.500. The molecule has 0 aromatic heterocycles. The van der Waals surface area contributed by atoms with Crippen molar-refractivity contribution in [2.24, 2.45) is 11.7 Å². The molecule has 1 unspecified atom stereocenters. The lowest BCUT2D eigenvalue weighted by Crippen LogP contribution is -2.33. The van der Waals surface area contributed by atoms with Crippen molar-refractivity contribution in [1.29, 1.82) is 0 Å². The van der Waals surface area contributed by atoms with Crippen LogP contribution >= 0.6 is 11.6 Å². The number of anilines is 1. The number of nitrogens with one attached hydrogen (secondary N) is 1. The molecule has 0 aliphatic rings. The molecule has 0 radical (unpaired) electrons. The van der Waals surface area contributed by atoms with Crippen LogP contribution in [-0.2, 0) is 0 Å². The lowest BCUT2D eigenvalue weighted by Gasteiger charge is -2.23. The average Bonchev–Trinajstić information content (AvgIpc) is 2.28. The van der Waals surface area contributed by atoms with E-state index in [0.29, 0.717) is 12.5 Å². The van der Waals surface area contributed by atoms with Gasteiger partial charge in [-0.3, -0.25) is 10.1 Å². The molecule has 0 spiro atoms. The number of nitro groups is 1. The zero-order chi connectivity index (χ0) is 13.9. The van der Waals surface area contributed by atoms with Gasteiger partial charge in [-0.2, -0.15) is 0 Å². The molecule has 5 nitrogen and oxygen atoms in total. The van der Waals surface area contributed by atoms with Crippen molar-refractivity contribution in [3.8, 4) is 0 Å². The Bertz CT molecular complexity index is 449. The molecule has 0 amide bonds. The van der Waals surface area contributed by atoms with E-state index in [2.05, 4.69) is 19.2 Å². The van der Waals surface area contributed by atoms with Gasteiger partial charge in [0.1, 0.15) is 5.02 Å². The topological polar surface area (TPSA) is 81.2 Å². The second kappa shape index (κ2) is 6.02. The zero-order valence-corrected chi connectivity index (χ0v) is 11.5. The standard InChI is InChI=1S/C12H18ClN3O2/c1-7(2)11(6-14)15-10-5-9(13)12(16(17)18)4-8(10)3/h4-5,7,11,15H,6,14H2,1-3H3. The Morgan fingerprint density at radius 3 is 2.56 bits per heavy atom. The molecule has 1 rings (SSSR count). The highest BCUT2D eigenvalue weighted by Gasteiger charge is 2.17. The van der Waals surface area contributed by atoms with Gasteiger partial charge in [0.05, 0.1) is 4.92 Å². The highest BCUT2D eigenvalue weighted by atomic mass is 35.5. The summed E-state index contributed by atoms with van der Waals surface area (Å²) < 4.78 is 0. The highest BCUT2D eigenvalue weighted by Crippen LogP contribution is 2.31. The van der Waals surface area contributed by atoms with Crippen LogP contribution in [0.2, 0.25) is 5.02 Å². The Morgan fingerprint density at radius 2 is 2.11 bits per heavy atom. The number of aryl methyl sites for hydroxylation is 1. The summed E-state index contributed by atoms with van der Waals surface area (Å²) >= 11 is 5.89. The molecule has 1 aromatic rings. The molecule has 3 N–H and O–H groups in total. The van der Waals surface area contributed by atoms with Gasteiger partial charge in [-0.1, -0.05) is 25.4 Å². The molecule has 0 bridgehead atoms. The Labute approximate surface area is 111 Å². The Morgan fingerprint density at radius 1 is 1.50 bits per heavy atom. The predicted molar refractivity (Wildman–Crippen MR) is 74.1 cm³/mol. The number of benzene rings is 1. The van der Waals surface area contributed by atoms with Crippen molar-refractivity contribution in [3.63, 3.8) is 0 Å². The third-order valence-electron chi connectivity index (χ3n) is 2.89. The first-order chi connectivity index (χ1) is 8.36. The van der Waals surface area contributed by atoms with Gasteiger partial charge in [0.15, 0.2) is 0 Å². The maximum absolute atomic E-state index is 10.8. The summed E-state index contributed by atoms with van der Waals surface area (Å²) in [6, 6.07) is 3.17. The van der Waals surface area contributed by atoms with Crippen LogP contribution in [0, 0.1) is 23.0 Å². The summed E-state index contributed by atoms with van der Waals surface area (Å²) in [5.74, 6) is 0.364. The zero-order valence-electron chi connectivity index (χ0n) is 10.7. The average molecular weight is 272 g/mol. The third kappa shape index (κ3) is 3.34. The summed E-state index contributed by atoms with van der Waals surface area (Å²) in [4.78, 5) is 10.3. The van der Waals surface area contributed by atoms with E-state index >= 15 is 0 Å². The van der Waals surface area contributed by atoms with Gasteiger partial charge in [-0.25, -0.2) is 0 Å². The second-order valence-corrected chi connectivity index (χ2v) is 5.01. The largest absolute Gasteiger partial charge is 0.381 e. The Balaban J connectivity index is 3.04. The fourth-order valence-electron chi connectivity index (χ4n) is 1.66. The quantitative estimate of drug-likeness (QED) is 0.637. The van der Waals surface area contributed by atoms with Crippen molar-refractivity contribution in [2.75, 3.05) is 11.9 Å². The van der Waals surface area contributed by atoms with Crippen LogP contribution in [0.1, 0.15) is 19.4 Å². The van der Waals surface area contributed by atoms with E-state index in [1.54, 1.807) is 13.0 Å². The first-order valence-corrected chi connectivity index (χ1v) is 6.15. The van der Waals surface area contributed by atoms with Crippen molar-refractivity contribution >= 4 is 23.0 Å². The molecule has 0 fully saturated rings. The second-order valence-electron chi connectivity index (χ2n) is 4.61. The minimum absolute atomic E-state index is 0.0754. The van der Waals surface area contributed by atoms with Crippen LogP contribution in [0.25, 0.3) is 0 Å². The molecular formula is C12H18ClN3O2. The number of rotatable bonds is 5. The molecule has 0 aliphatic heterocycles. The monoisotopic (exact) mass is 271 g/mol. The first-order valence-electron chi connectivity index (χ1n) is 5.78.